The van der Waals surface area contributed by atoms with Gasteiger partial charge >= 0.3 is 21.5 Å². The van der Waals surface area contributed by atoms with E-state index < -0.39 is 34.4 Å². The van der Waals surface area contributed by atoms with Crippen LogP contribution in [0.4, 0.5) is 22.0 Å². The lowest BCUT2D eigenvalue weighted by molar-refractivity contribution is -0.135. The Morgan fingerprint density at radius 3 is 1.44 bits per heavy atom. The lowest BCUT2D eigenvalue weighted by Gasteiger charge is -2.12. The van der Waals surface area contributed by atoms with Crippen LogP contribution in [0.25, 0.3) is 0 Å². The van der Waals surface area contributed by atoms with Crippen molar-refractivity contribution in [3.05, 3.63) is 12.7 Å². The normalized spacial score (nSPS) is 12.4. The van der Waals surface area contributed by atoms with Crippen molar-refractivity contribution in [3.63, 3.8) is 0 Å². The molecule has 4 nitrogen and oxygen atoms in total. The summed E-state index contributed by atoms with van der Waals surface area (Å²) in [5.41, 5.74) is 4.91. The van der Waals surface area contributed by atoms with Gasteiger partial charge in [0.2, 0.25) is 0 Å². The Morgan fingerprint density at radius 2 is 1.16 bits per heavy atom. The van der Waals surface area contributed by atoms with Gasteiger partial charge in [0.25, 0.3) is 0 Å². The highest BCUT2D eigenvalue weighted by Gasteiger charge is 2.42. The van der Waals surface area contributed by atoms with E-state index in [1.807, 2.05) is 0 Å². The molecule has 10 heteroatoms. The molecule has 0 aromatic heterocycles. The summed E-state index contributed by atoms with van der Waals surface area (Å²) in [4.78, 5) is 0. The molecule has 25 heavy (non-hydrogen) atoms. The maximum atomic E-state index is 12.8. The first-order valence-corrected chi connectivity index (χ1v) is 9.54. The van der Waals surface area contributed by atoms with Gasteiger partial charge in [0, 0.05) is 19.4 Å². The van der Waals surface area contributed by atoms with Gasteiger partial charge in [0.05, 0.1) is 0 Å². The van der Waals surface area contributed by atoms with Crippen molar-refractivity contribution in [3.8, 4) is 0 Å². The second kappa shape index (κ2) is 13.5. The molecule has 0 heterocycles. The summed E-state index contributed by atoms with van der Waals surface area (Å²) in [6.45, 7) is 3.94. The van der Waals surface area contributed by atoms with Crippen molar-refractivity contribution in [2.24, 2.45) is 5.73 Å². The van der Waals surface area contributed by atoms with Crippen LogP contribution in [-0.4, -0.2) is 30.9 Å². The molecule has 0 bridgehead atoms. The Labute approximate surface area is 146 Å². The number of nitrogens with two attached hydrogens (primary N) is 1. The van der Waals surface area contributed by atoms with Crippen molar-refractivity contribution >= 4 is 10.1 Å². The van der Waals surface area contributed by atoms with Gasteiger partial charge in [-0.15, -0.1) is 6.58 Å². The highest BCUT2D eigenvalue weighted by atomic mass is 32.2. The summed E-state index contributed by atoms with van der Waals surface area (Å²) in [6.07, 6.45) is -0.486. The Morgan fingerprint density at radius 1 is 0.840 bits per heavy atom. The van der Waals surface area contributed by atoms with E-state index >= 15 is 0 Å². The molecule has 0 spiro atoms. The molecule has 0 amide bonds. The van der Waals surface area contributed by atoms with Gasteiger partial charge in [-0.25, -0.2) is 0 Å². The number of alkyl halides is 5. The zero-order valence-corrected chi connectivity index (χ0v) is 15.0. The van der Waals surface area contributed by atoms with Crippen LogP contribution in [0.2, 0.25) is 0 Å². The van der Waals surface area contributed by atoms with Crippen LogP contribution in [0.5, 0.6) is 0 Å². The average Bonchev–Trinajstić information content (AvgIpc) is 2.47. The largest absolute Gasteiger partial charge is 0.389 e. The topological polar surface area (TPSA) is 80.4 Å². The third-order valence-corrected chi connectivity index (χ3v) is 4.18. The van der Waals surface area contributed by atoms with Crippen molar-refractivity contribution in [1.82, 2.24) is 0 Å². The quantitative estimate of drug-likeness (QED) is 0.209. The number of halogens is 5. The summed E-state index contributed by atoms with van der Waals surface area (Å²) in [7, 11) is -5.35. The number of hydrogen-bond donors (Lipinski definition) is 2. The number of unbranched alkanes of at least 4 members (excludes halogenated alkanes) is 7. The summed E-state index contributed by atoms with van der Waals surface area (Å²) in [5, 5.41) is -4.11. The molecule has 0 rings (SSSR count). The highest BCUT2D eigenvalue weighted by Crippen LogP contribution is 2.27. The molecule has 0 fully saturated rings. The van der Waals surface area contributed by atoms with Gasteiger partial charge in [0.15, 0.2) is 0 Å². The number of hydrogen-bond acceptors (Lipinski definition) is 3. The van der Waals surface area contributed by atoms with Crippen LogP contribution in [0.15, 0.2) is 12.7 Å². The summed E-state index contributed by atoms with van der Waals surface area (Å²) < 4.78 is 90.0. The van der Waals surface area contributed by atoms with Crippen molar-refractivity contribution in [1.29, 1.82) is 0 Å². The van der Waals surface area contributed by atoms with E-state index in [0.717, 1.165) is 6.42 Å². The van der Waals surface area contributed by atoms with Crippen molar-refractivity contribution in [2.75, 3.05) is 6.54 Å². The highest BCUT2D eigenvalue weighted by molar-refractivity contribution is 7.86. The van der Waals surface area contributed by atoms with Crippen LogP contribution in [0.1, 0.15) is 64.2 Å². The third-order valence-electron chi connectivity index (χ3n) is 3.22. The minimum Gasteiger partial charge on any atom is -0.327 e. The predicted molar refractivity (Wildman–Crippen MR) is 88.0 cm³/mol. The standard InChI is InChI=1S/C12H21F5O3S.C3H7N/c13-11(14,15)9-7-5-3-1-2-4-6-8-10-12(16,17)21(18,19)20;1-2-3-4/h1-10H2,(H,18,19,20);2H,1,3-4H2. The van der Waals surface area contributed by atoms with Crippen LogP contribution in [0, 0.1) is 0 Å². The summed E-state index contributed by atoms with van der Waals surface area (Å²) in [6, 6.07) is 0. The first kappa shape index (κ1) is 26.5. The Bertz CT molecular complexity index is 439. The minimum absolute atomic E-state index is 0.0269. The molecule has 0 aliphatic heterocycles. The van der Waals surface area contributed by atoms with E-state index in [0.29, 0.717) is 38.6 Å². The van der Waals surface area contributed by atoms with E-state index in [4.69, 9.17) is 10.3 Å². The first-order chi connectivity index (χ1) is 11.4. The molecule has 0 aliphatic carbocycles. The smallest absolute Gasteiger partial charge is 0.327 e. The van der Waals surface area contributed by atoms with Gasteiger partial charge in [-0.1, -0.05) is 44.6 Å². The van der Waals surface area contributed by atoms with Gasteiger partial charge < -0.3 is 5.73 Å². The van der Waals surface area contributed by atoms with Crippen LogP contribution < -0.4 is 5.73 Å². The molecule has 0 radical (unpaired) electrons. The van der Waals surface area contributed by atoms with Gasteiger partial charge in [-0.2, -0.15) is 30.4 Å². The summed E-state index contributed by atoms with van der Waals surface area (Å²) in [5.74, 6) is 0. The van der Waals surface area contributed by atoms with Gasteiger partial charge in [-0.3, -0.25) is 4.55 Å². The van der Waals surface area contributed by atoms with E-state index in [1.165, 1.54) is 0 Å². The summed E-state index contributed by atoms with van der Waals surface area (Å²) >= 11 is 0. The molecule has 0 aromatic carbocycles. The average molecular weight is 397 g/mol. The molecule has 152 valence electrons. The Kier molecular flexibility index (Phi) is 14.3. The van der Waals surface area contributed by atoms with E-state index in [-0.39, 0.29) is 12.8 Å². The fourth-order valence-corrected chi connectivity index (χ4v) is 2.25. The van der Waals surface area contributed by atoms with Crippen molar-refractivity contribution in [2.45, 2.75) is 75.6 Å². The third kappa shape index (κ3) is 17.9. The fourth-order valence-electron chi connectivity index (χ4n) is 1.85. The zero-order chi connectivity index (χ0) is 20.0. The van der Waals surface area contributed by atoms with Crippen LogP contribution in [-0.2, 0) is 10.1 Å². The lowest BCUT2D eigenvalue weighted by Crippen LogP contribution is -2.27. The molecular formula is C15H28F5NO3S. The molecule has 0 atom stereocenters. The molecule has 0 unspecified atom stereocenters. The SMILES string of the molecule is C=CCN.O=S(=O)(O)C(F)(F)CCCCCCCCCCC(F)(F)F. The predicted octanol–water partition coefficient (Wildman–Crippen LogP) is 5.06. The fraction of sp³-hybridized carbons (Fsp3) is 0.867. The Hall–Kier alpha value is -0.740. The Balaban J connectivity index is 0. The second-order valence-corrected chi connectivity index (χ2v) is 7.13. The molecule has 0 saturated heterocycles. The maximum absolute atomic E-state index is 12.8. The van der Waals surface area contributed by atoms with E-state index in [1.54, 1.807) is 6.08 Å². The number of rotatable bonds is 12. The molecule has 0 aliphatic rings. The lowest BCUT2D eigenvalue weighted by atomic mass is 10.1. The molecular weight excluding hydrogens is 369 g/mol. The second-order valence-electron chi connectivity index (χ2n) is 5.58. The van der Waals surface area contributed by atoms with E-state index in [9.17, 15) is 30.4 Å². The maximum Gasteiger partial charge on any atom is 0.389 e. The zero-order valence-electron chi connectivity index (χ0n) is 14.2. The van der Waals surface area contributed by atoms with E-state index in [2.05, 4.69) is 6.58 Å². The molecule has 3 N–H and O–H groups in total. The molecule has 0 saturated carbocycles. The monoisotopic (exact) mass is 397 g/mol. The first-order valence-electron chi connectivity index (χ1n) is 8.10. The minimum atomic E-state index is -5.35. The molecule has 0 aromatic rings. The van der Waals surface area contributed by atoms with Crippen LogP contribution in [0.3, 0.4) is 0 Å². The van der Waals surface area contributed by atoms with Gasteiger partial charge in [-0.05, 0) is 12.8 Å². The van der Waals surface area contributed by atoms with Crippen molar-refractivity contribution < 1.29 is 34.9 Å². The van der Waals surface area contributed by atoms with Crippen LogP contribution >= 0.6 is 0 Å². The van der Waals surface area contributed by atoms with Gasteiger partial charge in [0.1, 0.15) is 0 Å².